The molecule has 1 fully saturated rings. The molecule has 0 aliphatic carbocycles. The van der Waals surface area contributed by atoms with Gasteiger partial charge in [0.15, 0.2) is 0 Å². The van der Waals surface area contributed by atoms with E-state index in [0.29, 0.717) is 11.9 Å². The van der Waals surface area contributed by atoms with Crippen molar-refractivity contribution in [2.75, 3.05) is 25.5 Å². The van der Waals surface area contributed by atoms with Crippen LogP contribution in [0.2, 0.25) is 0 Å². The van der Waals surface area contributed by atoms with Gasteiger partial charge in [0.25, 0.3) is 0 Å². The molecule has 1 unspecified atom stereocenters. The van der Waals surface area contributed by atoms with Crippen molar-refractivity contribution in [3.05, 3.63) is 12.4 Å². The number of nitrogens with one attached hydrogen (secondary N) is 1. The van der Waals surface area contributed by atoms with Crippen molar-refractivity contribution in [3.8, 4) is 5.88 Å². The van der Waals surface area contributed by atoms with Crippen molar-refractivity contribution in [2.45, 2.75) is 38.8 Å². The number of ether oxygens (including phenoxy) is 1. The summed E-state index contributed by atoms with van der Waals surface area (Å²) in [5.74, 6) is 1.46. The first kappa shape index (κ1) is 13.1. The molecule has 2 heterocycles. The highest BCUT2D eigenvalue weighted by atomic mass is 16.5. The standard InChI is InChI=1S/C13H22N4O/c1-10(2)18-13-7-12(15-9-16-13)14-8-11-5-4-6-17(11)3/h7,9-11H,4-6,8H2,1-3H3,(H,14,15,16). The lowest BCUT2D eigenvalue weighted by molar-refractivity contribution is 0.232. The molecule has 5 nitrogen and oxygen atoms in total. The fraction of sp³-hybridized carbons (Fsp3) is 0.692. The molecule has 1 N–H and O–H groups in total. The predicted octanol–water partition coefficient (Wildman–Crippen LogP) is 1.77. The molecule has 0 spiro atoms. The maximum Gasteiger partial charge on any atom is 0.218 e. The number of hydrogen-bond donors (Lipinski definition) is 1. The second-order valence-electron chi connectivity index (χ2n) is 5.07. The number of anilines is 1. The van der Waals surface area contributed by atoms with Gasteiger partial charge >= 0.3 is 0 Å². The van der Waals surface area contributed by atoms with Crippen molar-refractivity contribution in [3.63, 3.8) is 0 Å². The topological polar surface area (TPSA) is 50.3 Å². The van der Waals surface area contributed by atoms with Crippen LogP contribution in [0.4, 0.5) is 5.82 Å². The van der Waals surface area contributed by atoms with Gasteiger partial charge in [-0.15, -0.1) is 0 Å². The van der Waals surface area contributed by atoms with Crippen LogP contribution in [0, 0.1) is 0 Å². The zero-order chi connectivity index (χ0) is 13.0. The van der Waals surface area contributed by atoms with Crippen LogP contribution in [0.5, 0.6) is 5.88 Å². The Balaban J connectivity index is 1.88. The smallest absolute Gasteiger partial charge is 0.218 e. The summed E-state index contributed by atoms with van der Waals surface area (Å²) in [4.78, 5) is 10.7. The van der Waals surface area contributed by atoms with Gasteiger partial charge in [0.05, 0.1) is 6.10 Å². The predicted molar refractivity (Wildman–Crippen MR) is 71.9 cm³/mol. The zero-order valence-corrected chi connectivity index (χ0v) is 11.4. The Morgan fingerprint density at radius 1 is 1.50 bits per heavy atom. The minimum Gasteiger partial charge on any atom is -0.475 e. The summed E-state index contributed by atoms with van der Waals surface area (Å²) in [7, 11) is 2.17. The molecule has 1 saturated heterocycles. The second kappa shape index (κ2) is 6.00. The molecule has 5 heteroatoms. The molecule has 0 aromatic carbocycles. The average molecular weight is 250 g/mol. The van der Waals surface area contributed by atoms with Crippen molar-refractivity contribution in [1.29, 1.82) is 0 Å². The number of hydrogen-bond acceptors (Lipinski definition) is 5. The van der Waals surface area contributed by atoms with Crippen molar-refractivity contribution < 1.29 is 4.74 Å². The molecule has 18 heavy (non-hydrogen) atoms. The van der Waals surface area contributed by atoms with E-state index in [0.717, 1.165) is 12.4 Å². The first-order valence-corrected chi connectivity index (χ1v) is 6.58. The lowest BCUT2D eigenvalue weighted by Crippen LogP contribution is -2.31. The molecular weight excluding hydrogens is 228 g/mol. The van der Waals surface area contributed by atoms with Crippen molar-refractivity contribution in [2.24, 2.45) is 0 Å². The number of nitrogens with zero attached hydrogens (tertiary/aromatic N) is 3. The van der Waals surface area contributed by atoms with Gasteiger partial charge in [-0.3, -0.25) is 0 Å². The highest BCUT2D eigenvalue weighted by Crippen LogP contribution is 2.17. The van der Waals surface area contributed by atoms with Gasteiger partial charge in [-0.25, -0.2) is 9.97 Å². The van der Waals surface area contributed by atoms with Gasteiger partial charge in [0.1, 0.15) is 12.1 Å². The number of likely N-dealkylation sites (tertiary alicyclic amines) is 1. The van der Waals surface area contributed by atoms with Crippen LogP contribution in [-0.4, -0.2) is 47.2 Å². The molecule has 1 aromatic rings. The zero-order valence-electron chi connectivity index (χ0n) is 11.4. The second-order valence-corrected chi connectivity index (χ2v) is 5.07. The van der Waals surface area contributed by atoms with Gasteiger partial charge in [-0.2, -0.15) is 0 Å². The quantitative estimate of drug-likeness (QED) is 0.863. The van der Waals surface area contributed by atoms with Crippen LogP contribution in [0.1, 0.15) is 26.7 Å². The summed E-state index contributed by atoms with van der Waals surface area (Å²) in [5, 5.41) is 3.36. The molecule has 1 aromatic heterocycles. The summed E-state index contributed by atoms with van der Waals surface area (Å²) in [6.07, 6.45) is 4.21. The first-order valence-electron chi connectivity index (χ1n) is 6.58. The first-order chi connectivity index (χ1) is 8.65. The summed E-state index contributed by atoms with van der Waals surface area (Å²) in [6, 6.07) is 2.46. The van der Waals surface area contributed by atoms with Crippen LogP contribution in [0.3, 0.4) is 0 Å². The molecule has 1 aliphatic heterocycles. The monoisotopic (exact) mass is 250 g/mol. The Morgan fingerprint density at radius 2 is 2.33 bits per heavy atom. The van der Waals surface area contributed by atoms with E-state index in [1.807, 2.05) is 19.9 Å². The van der Waals surface area contributed by atoms with Gasteiger partial charge in [0, 0.05) is 18.7 Å². The lowest BCUT2D eigenvalue weighted by Gasteiger charge is -2.20. The molecule has 0 radical (unpaired) electrons. The maximum absolute atomic E-state index is 5.55. The van der Waals surface area contributed by atoms with E-state index in [9.17, 15) is 0 Å². The molecule has 100 valence electrons. The molecule has 1 atom stereocenters. The Hall–Kier alpha value is -1.36. The summed E-state index contributed by atoms with van der Waals surface area (Å²) < 4.78 is 5.55. The molecule has 1 aliphatic rings. The Morgan fingerprint density at radius 3 is 3.00 bits per heavy atom. The lowest BCUT2D eigenvalue weighted by atomic mass is 10.2. The van der Waals surface area contributed by atoms with Crippen molar-refractivity contribution >= 4 is 5.82 Å². The average Bonchev–Trinajstić information content (AvgIpc) is 2.72. The highest BCUT2D eigenvalue weighted by molar-refractivity contribution is 5.37. The van der Waals surface area contributed by atoms with Gasteiger partial charge < -0.3 is 15.0 Å². The maximum atomic E-state index is 5.55. The van der Waals surface area contributed by atoms with E-state index in [2.05, 4.69) is 27.2 Å². The molecule has 2 rings (SSSR count). The Kier molecular flexibility index (Phi) is 4.36. The fourth-order valence-electron chi connectivity index (χ4n) is 2.20. The van der Waals surface area contributed by atoms with Crippen molar-refractivity contribution in [1.82, 2.24) is 14.9 Å². The molecular formula is C13H22N4O. The van der Waals surface area contributed by atoms with E-state index in [4.69, 9.17) is 4.74 Å². The Bertz CT molecular complexity index is 383. The minimum absolute atomic E-state index is 0.133. The van der Waals surface area contributed by atoms with E-state index >= 15 is 0 Å². The third-order valence-corrected chi connectivity index (χ3v) is 3.19. The van der Waals surface area contributed by atoms with Gasteiger partial charge in [0.2, 0.25) is 5.88 Å². The van der Waals surface area contributed by atoms with Gasteiger partial charge in [-0.1, -0.05) is 0 Å². The summed E-state index contributed by atoms with van der Waals surface area (Å²) >= 11 is 0. The summed E-state index contributed by atoms with van der Waals surface area (Å²) in [5.41, 5.74) is 0. The van der Waals surface area contributed by atoms with E-state index in [1.54, 1.807) is 6.33 Å². The SMILES string of the molecule is CC(C)Oc1cc(NCC2CCCN2C)ncn1. The molecule has 0 bridgehead atoms. The fourth-order valence-corrected chi connectivity index (χ4v) is 2.20. The molecule has 0 saturated carbocycles. The van der Waals surface area contributed by atoms with Crippen LogP contribution in [0.15, 0.2) is 12.4 Å². The minimum atomic E-state index is 0.133. The number of aromatic nitrogens is 2. The third kappa shape index (κ3) is 3.57. The highest BCUT2D eigenvalue weighted by Gasteiger charge is 2.20. The van der Waals surface area contributed by atoms with E-state index in [-0.39, 0.29) is 6.10 Å². The van der Waals surface area contributed by atoms with Crippen LogP contribution >= 0.6 is 0 Å². The normalized spacial score (nSPS) is 20.3. The van der Waals surface area contributed by atoms with E-state index in [1.165, 1.54) is 19.4 Å². The van der Waals surface area contributed by atoms with Gasteiger partial charge in [-0.05, 0) is 40.3 Å². The van der Waals surface area contributed by atoms with Crippen LogP contribution in [0.25, 0.3) is 0 Å². The number of rotatable bonds is 5. The largest absolute Gasteiger partial charge is 0.475 e. The van der Waals surface area contributed by atoms with Crippen LogP contribution < -0.4 is 10.1 Å². The molecule has 0 amide bonds. The van der Waals surface area contributed by atoms with Crippen LogP contribution in [-0.2, 0) is 0 Å². The number of likely N-dealkylation sites (N-methyl/N-ethyl adjacent to an activating group) is 1. The summed E-state index contributed by atoms with van der Waals surface area (Å²) in [6.45, 7) is 6.10. The third-order valence-electron chi connectivity index (χ3n) is 3.19. The van der Waals surface area contributed by atoms with E-state index < -0.39 is 0 Å². The Labute approximate surface area is 109 Å².